The lowest BCUT2D eigenvalue weighted by molar-refractivity contribution is 0.630. The van der Waals surface area contributed by atoms with E-state index in [0.717, 1.165) is 9.88 Å². The monoisotopic (exact) mass is 205 g/mol. The van der Waals surface area contributed by atoms with Crippen molar-refractivity contribution in [2.45, 2.75) is 6.92 Å². The van der Waals surface area contributed by atoms with Crippen LogP contribution in [0.5, 0.6) is 0 Å². The summed E-state index contributed by atoms with van der Waals surface area (Å²) in [4.78, 5) is 6.47. The van der Waals surface area contributed by atoms with Gasteiger partial charge in [-0.1, -0.05) is 5.92 Å². The molecule has 0 atom stereocenters. The predicted molar refractivity (Wildman–Crippen MR) is 52.5 cm³/mol. The van der Waals surface area contributed by atoms with Crippen LogP contribution in [0.4, 0.5) is 0 Å². The van der Waals surface area contributed by atoms with Gasteiger partial charge in [0.2, 0.25) is 5.82 Å². The molecule has 0 amide bonds. The van der Waals surface area contributed by atoms with Gasteiger partial charge in [-0.05, 0) is 12.1 Å². The number of hydrogen-bond acceptors (Lipinski definition) is 5. The number of aromatic nitrogens is 5. The van der Waals surface area contributed by atoms with Crippen LogP contribution in [0, 0.1) is 11.8 Å². The van der Waals surface area contributed by atoms with E-state index in [4.69, 9.17) is 0 Å². The Morgan fingerprint density at radius 2 is 2.36 bits per heavy atom. The van der Waals surface area contributed by atoms with Crippen LogP contribution in [0.25, 0.3) is 10.8 Å². The third kappa shape index (κ3) is 1.63. The van der Waals surface area contributed by atoms with Crippen molar-refractivity contribution >= 4 is 11.3 Å². The topological polar surface area (TPSA) is 56.5 Å². The van der Waals surface area contributed by atoms with E-state index in [1.54, 1.807) is 20.2 Å². The Hall–Kier alpha value is -1.74. The summed E-state index contributed by atoms with van der Waals surface area (Å²) in [6.07, 6.45) is 1.72. The minimum atomic E-state index is 0.543. The van der Waals surface area contributed by atoms with Gasteiger partial charge in [-0.3, -0.25) is 0 Å². The Bertz CT molecular complexity index is 501. The first-order valence-corrected chi connectivity index (χ1v) is 4.74. The lowest BCUT2D eigenvalue weighted by atomic mass is 10.5. The van der Waals surface area contributed by atoms with E-state index in [2.05, 4.69) is 32.2 Å². The molecule has 6 heteroatoms. The Kier molecular flexibility index (Phi) is 2.24. The maximum Gasteiger partial charge on any atom is 0.233 e. The molecule has 0 N–H and O–H groups in total. The number of thiazole rings is 1. The van der Waals surface area contributed by atoms with Gasteiger partial charge in [0, 0.05) is 0 Å². The Balaban J connectivity index is 2.36. The molecule has 0 saturated carbocycles. The summed E-state index contributed by atoms with van der Waals surface area (Å²) in [5.41, 5.74) is 0. The van der Waals surface area contributed by atoms with E-state index in [0.29, 0.717) is 5.82 Å². The molecule has 70 valence electrons. The zero-order valence-corrected chi connectivity index (χ0v) is 8.54. The Morgan fingerprint density at radius 1 is 1.50 bits per heavy atom. The molecule has 0 aliphatic carbocycles. The molecule has 2 aromatic rings. The summed E-state index contributed by atoms with van der Waals surface area (Å²) in [6.45, 7) is 1.79. The molecule has 14 heavy (non-hydrogen) atoms. The van der Waals surface area contributed by atoms with Gasteiger partial charge in [-0.25, -0.2) is 4.98 Å². The number of hydrogen-bond donors (Lipinski definition) is 0. The second-order valence-electron chi connectivity index (χ2n) is 2.51. The fourth-order valence-corrected chi connectivity index (χ4v) is 1.67. The van der Waals surface area contributed by atoms with Gasteiger partial charge in [-0.2, -0.15) is 4.80 Å². The van der Waals surface area contributed by atoms with Crippen molar-refractivity contribution in [2.75, 3.05) is 0 Å². The van der Waals surface area contributed by atoms with E-state index in [1.807, 2.05) is 0 Å². The zero-order valence-electron chi connectivity index (χ0n) is 7.72. The second kappa shape index (κ2) is 3.55. The molecule has 0 unspecified atom stereocenters. The van der Waals surface area contributed by atoms with Gasteiger partial charge in [0.05, 0.1) is 18.1 Å². The molecule has 0 aliphatic heterocycles. The molecule has 0 aromatic carbocycles. The maximum atomic E-state index is 4.16. The fourth-order valence-electron chi connectivity index (χ4n) is 0.928. The number of nitrogens with zero attached hydrogens (tertiary/aromatic N) is 5. The number of rotatable bonds is 1. The van der Waals surface area contributed by atoms with Gasteiger partial charge < -0.3 is 0 Å². The highest BCUT2D eigenvalue weighted by atomic mass is 32.1. The molecule has 5 nitrogen and oxygen atoms in total. The third-order valence-corrected chi connectivity index (χ3v) is 2.36. The molecular formula is C8H7N5S. The smallest absolute Gasteiger partial charge is 0.233 e. The van der Waals surface area contributed by atoms with Crippen LogP contribution in [0.1, 0.15) is 11.8 Å². The molecular weight excluding hydrogens is 198 g/mol. The largest absolute Gasteiger partial charge is 0.240 e. The van der Waals surface area contributed by atoms with Crippen molar-refractivity contribution in [3.63, 3.8) is 0 Å². The average Bonchev–Trinajstić information content (AvgIpc) is 2.74. The lowest BCUT2D eigenvalue weighted by Gasteiger charge is -1.81. The van der Waals surface area contributed by atoms with Crippen LogP contribution in [-0.2, 0) is 7.05 Å². The van der Waals surface area contributed by atoms with Crippen molar-refractivity contribution in [1.29, 1.82) is 0 Å². The van der Waals surface area contributed by atoms with E-state index < -0.39 is 0 Å². The van der Waals surface area contributed by atoms with Gasteiger partial charge in [-0.15, -0.1) is 27.5 Å². The van der Waals surface area contributed by atoms with E-state index >= 15 is 0 Å². The summed E-state index contributed by atoms with van der Waals surface area (Å²) in [5, 5.41) is 12.4. The van der Waals surface area contributed by atoms with Gasteiger partial charge in [0.25, 0.3) is 0 Å². The minimum Gasteiger partial charge on any atom is -0.240 e. The fraction of sp³-hybridized carbons (Fsp3) is 0.250. The summed E-state index contributed by atoms with van der Waals surface area (Å²) >= 11 is 1.46. The average molecular weight is 205 g/mol. The van der Waals surface area contributed by atoms with E-state index in [-0.39, 0.29) is 0 Å². The highest BCUT2D eigenvalue weighted by molar-refractivity contribution is 7.15. The number of tetrazole rings is 1. The first kappa shape index (κ1) is 8.84. The standard InChI is InChI=1S/C8H7N5S/c1-3-4-6-5-9-8(14-6)7-10-12-13(2)11-7/h5H,1-2H3. The highest BCUT2D eigenvalue weighted by Crippen LogP contribution is 2.20. The molecule has 2 rings (SSSR count). The third-order valence-electron chi connectivity index (χ3n) is 1.45. The van der Waals surface area contributed by atoms with Crippen LogP contribution >= 0.6 is 11.3 Å². The second-order valence-corrected chi connectivity index (χ2v) is 3.54. The van der Waals surface area contributed by atoms with Crippen molar-refractivity contribution in [1.82, 2.24) is 25.2 Å². The molecule has 0 radical (unpaired) electrons. The van der Waals surface area contributed by atoms with Crippen LogP contribution in [0.15, 0.2) is 6.20 Å². The normalized spacial score (nSPS) is 9.57. The lowest BCUT2D eigenvalue weighted by Crippen LogP contribution is -1.91. The van der Waals surface area contributed by atoms with Crippen LogP contribution in [0.2, 0.25) is 0 Å². The quantitative estimate of drug-likeness (QED) is 0.643. The van der Waals surface area contributed by atoms with Crippen molar-refractivity contribution < 1.29 is 0 Å². The van der Waals surface area contributed by atoms with Gasteiger partial charge >= 0.3 is 0 Å². The SMILES string of the molecule is CC#Cc1cnc(-c2nnn(C)n2)s1. The molecule has 0 bridgehead atoms. The Labute approximate surface area is 84.8 Å². The molecule has 2 heterocycles. The van der Waals surface area contributed by atoms with E-state index in [9.17, 15) is 0 Å². The molecule has 0 saturated heterocycles. The summed E-state index contributed by atoms with van der Waals surface area (Å²) < 4.78 is 0. The maximum absolute atomic E-state index is 4.16. The minimum absolute atomic E-state index is 0.543. The van der Waals surface area contributed by atoms with Crippen LogP contribution in [0.3, 0.4) is 0 Å². The summed E-state index contributed by atoms with van der Waals surface area (Å²) in [6, 6.07) is 0. The van der Waals surface area contributed by atoms with Crippen molar-refractivity contribution in [2.24, 2.45) is 7.05 Å². The van der Waals surface area contributed by atoms with Crippen LogP contribution < -0.4 is 0 Å². The Morgan fingerprint density at radius 3 is 3.00 bits per heavy atom. The highest BCUT2D eigenvalue weighted by Gasteiger charge is 2.08. The van der Waals surface area contributed by atoms with E-state index in [1.165, 1.54) is 16.1 Å². The van der Waals surface area contributed by atoms with Crippen molar-refractivity contribution in [3.05, 3.63) is 11.1 Å². The van der Waals surface area contributed by atoms with Gasteiger partial charge in [0.15, 0.2) is 5.01 Å². The summed E-state index contributed by atoms with van der Waals surface area (Å²) in [7, 11) is 1.72. The molecule has 0 spiro atoms. The van der Waals surface area contributed by atoms with Gasteiger partial charge in [0.1, 0.15) is 0 Å². The summed E-state index contributed by atoms with van der Waals surface area (Å²) in [5.74, 6) is 6.28. The predicted octanol–water partition coefficient (Wildman–Crippen LogP) is 0.705. The van der Waals surface area contributed by atoms with Crippen LogP contribution in [-0.4, -0.2) is 25.2 Å². The van der Waals surface area contributed by atoms with Crippen molar-refractivity contribution in [3.8, 4) is 22.7 Å². The first-order valence-electron chi connectivity index (χ1n) is 3.92. The molecule has 0 fully saturated rings. The molecule has 0 aliphatic rings. The first-order chi connectivity index (χ1) is 6.79. The zero-order chi connectivity index (χ0) is 9.97. The molecule has 2 aromatic heterocycles. The number of aryl methyl sites for hydroxylation is 1.